The van der Waals surface area contributed by atoms with Crippen molar-refractivity contribution in [3.8, 4) is 11.1 Å². The van der Waals surface area contributed by atoms with Crippen molar-refractivity contribution in [1.29, 1.82) is 0 Å². The molecule has 0 N–H and O–H groups in total. The zero-order valence-corrected chi connectivity index (χ0v) is 51.3. The summed E-state index contributed by atoms with van der Waals surface area (Å²) in [6.45, 7) is 40.1. The van der Waals surface area contributed by atoms with Gasteiger partial charge in [0.15, 0.2) is 0 Å². The van der Waals surface area contributed by atoms with Crippen LogP contribution in [0.2, 0.25) is 0 Å². The zero-order valence-electron chi connectivity index (χ0n) is 51.3. The van der Waals surface area contributed by atoms with E-state index in [1.54, 1.807) is 0 Å². The predicted molar refractivity (Wildman–Crippen MR) is 347 cm³/mol. The molecule has 8 aromatic carbocycles. The topological polar surface area (TPSA) is 9.72 Å². The third-order valence-corrected chi connectivity index (χ3v) is 19.2. The van der Waals surface area contributed by atoms with Gasteiger partial charge in [0.05, 0.1) is 11.2 Å². The minimum Gasteiger partial charge on any atom is -0.334 e. The fraction of sp³-hybridized carbons (Fsp3) is 0.368. The van der Waals surface area contributed by atoms with Crippen LogP contribution in [0.5, 0.6) is 0 Å². The molecule has 12 rings (SSSR count). The van der Waals surface area contributed by atoms with E-state index < -0.39 is 0 Å². The van der Waals surface area contributed by atoms with Gasteiger partial charge in [-0.2, -0.15) is 0 Å². The number of hydrogen-bond acceptors (Lipinski definition) is 3. The molecule has 4 aliphatic rings. The van der Waals surface area contributed by atoms with E-state index in [-0.39, 0.29) is 44.7 Å². The van der Waals surface area contributed by atoms with Gasteiger partial charge in [0.2, 0.25) is 0 Å². The lowest BCUT2D eigenvalue weighted by molar-refractivity contribution is 0.215. The molecule has 408 valence electrons. The predicted octanol–water partition coefficient (Wildman–Crippen LogP) is 19.0. The van der Waals surface area contributed by atoms with Crippen LogP contribution in [0.25, 0.3) is 11.1 Å². The van der Waals surface area contributed by atoms with Gasteiger partial charge in [0, 0.05) is 50.8 Å². The van der Waals surface area contributed by atoms with Gasteiger partial charge in [-0.25, -0.2) is 0 Å². The number of rotatable bonds is 5. The van der Waals surface area contributed by atoms with E-state index in [2.05, 4.69) is 296 Å². The van der Waals surface area contributed by atoms with Gasteiger partial charge in [-0.15, -0.1) is 0 Å². The quantitative estimate of drug-likeness (QED) is 0.159. The monoisotopic (exact) mass is 1050 g/mol. The van der Waals surface area contributed by atoms with E-state index in [9.17, 15) is 0 Å². The van der Waals surface area contributed by atoms with Gasteiger partial charge >= 0.3 is 0 Å². The zero-order chi connectivity index (χ0) is 56.9. The molecule has 0 bridgehead atoms. The van der Waals surface area contributed by atoms with Gasteiger partial charge < -0.3 is 14.7 Å². The summed E-state index contributed by atoms with van der Waals surface area (Å²) >= 11 is 0. The van der Waals surface area contributed by atoms with E-state index >= 15 is 0 Å². The van der Waals surface area contributed by atoms with Crippen LogP contribution >= 0.6 is 0 Å². The summed E-state index contributed by atoms with van der Waals surface area (Å²) in [6, 6.07) is 65.3. The number of hydrogen-bond donors (Lipinski definition) is 0. The van der Waals surface area contributed by atoms with Crippen molar-refractivity contribution in [3.63, 3.8) is 0 Å². The van der Waals surface area contributed by atoms with Gasteiger partial charge in [-0.05, 0) is 181 Å². The van der Waals surface area contributed by atoms with E-state index in [0.717, 1.165) is 12.8 Å². The Morgan fingerprint density at radius 1 is 0.400 bits per heavy atom. The molecule has 8 aromatic rings. The average molecular weight is 1050 g/mol. The fourth-order valence-electron chi connectivity index (χ4n) is 14.6. The SMILES string of the molecule is Cc1cc2c3c(c1)N(c1ccc(C(C)(C)C)cc1-c1ccccc1)c1ccc(C(C)(C)C)cc1B3c1ccc(N3c4ccc(C(C)(C)C)cc4C4(c5ccc(C(C)(C)C)cc5)CCCCC34C)cc1N2c1ccc(C(C)(C)C)cc1. The molecule has 2 unspecified atom stereocenters. The van der Waals surface area contributed by atoms with Gasteiger partial charge in [0.1, 0.15) is 0 Å². The normalized spacial score (nSPS) is 18.9. The molecule has 0 spiro atoms. The van der Waals surface area contributed by atoms with Crippen LogP contribution in [0.15, 0.2) is 164 Å². The lowest BCUT2D eigenvalue weighted by Gasteiger charge is -2.52. The second-order valence-electron chi connectivity index (χ2n) is 29.8. The number of benzene rings is 8. The van der Waals surface area contributed by atoms with Crippen molar-refractivity contribution in [2.75, 3.05) is 14.7 Å². The van der Waals surface area contributed by atoms with Crippen LogP contribution in [0.3, 0.4) is 0 Å². The van der Waals surface area contributed by atoms with Crippen LogP contribution in [-0.4, -0.2) is 12.3 Å². The molecule has 0 saturated heterocycles. The molecule has 1 saturated carbocycles. The number of fused-ring (bicyclic) bond motifs is 7. The van der Waals surface area contributed by atoms with Crippen molar-refractivity contribution in [3.05, 3.63) is 208 Å². The highest BCUT2D eigenvalue weighted by Gasteiger charge is 2.61. The average Bonchev–Trinajstić information content (AvgIpc) is 3.09. The minimum atomic E-state index is -0.240. The molecular formula is C76H86BN3. The van der Waals surface area contributed by atoms with E-state index in [1.165, 1.54) is 130 Å². The minimum absolute atomic E-state index is 0.00174. The van der Waals surface area contributed by atoms with E-state index in [4.69, 9.17) is 0 Å². The Labute approximate surface area is 481 Å². The third kappa shape index (κ3) is 8.50. The summed E-state index contributed by atoms with van der Waals surface area (Å²) in [5.74, 6) is 0. The Bertz CT molecular complexity index is 3720. The summed E-state index contributed by atoms with van der Waals surface area (Å²) in [5, 5.41) is 0. The first-order chi connectivity index (χ1) is 37.6. The summed E-state index contributed by atoms with van der Waals surface area (Å²) in [7, 11) is 0. The van der Waals surface area contributed by atoms with Crippen molar-refractivity contribution in [2.45, 2.75) is 181 Å². The Hall–Kier alpha value is -6.78. The maximum absolute atomic E-state index is 2.82. The van der Waals surface area contributed by atoms with Crippen LogP contribution in [-0.2, 0) is 32.5 Å². The first kappa shape index (κ1) is 53.8. The maximum atomic E-state index is 2.82. The van der Waals surface area contributed by atoms with Crippen molar-refractivity contribution in [2.24, 2.45) is 0 Å². The Morgan fingerprint density at radius 3 is 1.50 bits per heavy atom. The molecule has 2 atom stereocenters. The Kier molecular flexibility index (Phi) is 12.4. The van der Waals surface area contributed by atoms with E-state index in [1.807, 2.05) is 0 Å². The lowest BCUT2D eigenvalue weighted by Crippen LogP contribution is -2.61. The Balaban J connectivity index is 1.14. The summed E-state index contributed by atoms with van der Waals surface area (Å²) in [6.07, 6.45) is 4.60. The van der Waals surface area contributed by atoms with E-state index in [0.29, 0.717) is 0 Å². The molecule has 1 aliphatic carbocycles. The molecule has 0 amide bonds. The Morgan fingerprint density at radius 2 is 0.900 bits per heavy atom. The second-order valence-corrected chi connectivity index (χ2v) is 29.8. The van der Waals surface area contributed by atoms with Crippen molar-refractivity contribution >= 4 is 68.6 Å². The molecule has 3 heterocycles. The molecular weight excluding hydrogens is 966 g/mol. The maximum Gasteiger partial charge on any atom is 0.252 e. The molecule has 1 fully saturated rings. The smallest absolute Gasteiger partial charge is 0.252 e. The molecule has 3 nitrogen and oxygen atoms in total. The molecule has 80 heavy (non-hydrogen) atoms. The number of nitrogens with zero attached hydrogens (tertiary/aromatic N) is 3. The molecule has 4 heteroatoms. The highest BCUT2D eigenvalue weighted by molar-refractivity contribution is 7.00. The van der Waals surface area contributed by atoms with Crippen LogP contribution in [0.1, 0.15) is 181 Å². The van der Waals surface area contributed by atoms with Gasteiger partial charge in [-0.1, -0.05) is 220 Å². The second kappa shape index (κ2) is 18.4. The third-order valence-electron chi connectivity index (χ3n) is 19.2. The highest BCUT2D eigenvalue weighted by Crippen LogP contribution is 2.64. The molecule has 0 radical (unpaired) electrons. The fourth-order valence-corrected chi connectivity index (χ4v) is 14.6. The van der Waals surface area contributed by atoms with Crippen molar-refractivity contribution < 1.29 is 0 Å². The highest BCUT2D eigenvalue weighted by atomic mass is 15.3. The van der Waals surface area contributed by atoms with Gasteiger partial charge in [0.25, 0.3) is 6.71 Å². The lowest BCUT2D eigenvalue weighted by atomic mass is 9.33. The first-order valence-corrected chi connectivity index (χ1v) is 30.0. The first-order valence-electron chi connectivity index (χ1n) is 30.0. The van der Waals surface area contributed by atoms with Crippen LogP contribution in [0.4, 0.5) is 45.5 Å². The van der Waals surface area contributed by atoms with Crippen molar-refractivity contribution in [1.82, 2.24) is 0 Å². The van der Waals surface area contributed by atoms with Crippen LogP contribution < -0.4 is 31.1 Å². The number of aryl methyl sites for hydroxylation is 1. The number of anilines is 8. The summed E-state index contributed by atoms with van der Waals surface area (Å²) < 4.78 is 0. The van der Waals surface area contributed by atoms with Gasteiger partial charge in [-0.3, -0.25) is 0 Å². The summed E-state index contributed by atoms with van der Waals surface area (Å²) in [5.41, 5.74) is 27.0. The van der Waals surface area contributed by atoms with Crippen LogP contribution in [0, 0.1) is 6.92 Å². The molecule has 3 aliphatic heterocycles. The molecule has 0 aromatic heterocycles. The summed E-state index contributed by atoms with van der Waals surface area (Å²) in [4.78, 5) is 8.10. The standard InChI is InChI=1S/C76H86BN3/c1-49-43-67-69-68(44-49)79(63-38-31-54(72(8,9)10)45-59(63)50-23-19-18-20-24-50)65-40-33-56(74(14,15)16)47-62(65)77(69)61-37-36-58(48-66(61)78(67)57-34-29-52(30-35-57)71(5,6)7)80-64-39-32-55(73(11,12)13)46-60(64)76(42-22-21-41-75(76,80)17)53-27-25-51(26-28-53)70(2,3)4/h18-20,23-40,43-48H,21-22,41-42H2,1-17H3. The largest absolute Gasteiger partial charge is 0.334 e.